The van der Waals surface area contributed by atoms with Crippen molar-refractivity contribution in [3.8, 4) is 17.2 Å². The van der Waals surface area contributed by atoms with Gasteiger partial charge in [-0.2, -0.15) is 0 Å². The maximum atomic E-state index is 11.3. The van der Waals surface area contributed by atoms with Crippen LogP contribution >= 0.6 is 0 Å². The first-order valence-corrected chi connectivity index (χ1v) is 25.3. The van der Waals surface area contributed by atoms with E-state index in [-0.39, 0.29) is 13.2 Å². The van der Waals surface area contributed by atoms with Crippen molar-refractivity contribution in [2.45, 2.75) is 126 Å². The quantitative estimate of drug-likeness (QED) is 0.0573. The second-order valence-corrected chi connectivity index (χ2v) is 20.7. The predicted molar refractivity (Wildman–Crippen MR) is 273 cm³/mol. The average Bonchev–Trinajstić information content (AvgIpc) is 3.93. The van der Waals surface area contributed by atoms with Crippen LogP contribution in [-0.4, -0.2) is 111 Å². The van der Waals surface area contributed by atoms with Crippen molar-refractivity contribution in [3.05, 3.63) is 194 Å². The molecule has 0 saturated carbocycles. The molecule has 10 rings (SSSR count). The molecular formula is C60H66O14. The van der Waals surface area contributed by atoms with Crippen LogP contribution in [0.15, 0.2) is 127 Å². The zero-order chi connectivity index (χ0) is 51.9. The van der Waals surface area contributed by atoms with Gasteiger partial charge in [-0.25, -0.2) is 0 Å². The number of hydrogen-bond acceptors (Lipinski definition) is 14. The maximum absolute atomic E-state index is 11.3. The fourth-order valence-electron chi connectivity index (χ4n) is 10.6. The highest BCUT2D eigenvalue weighted by Crippen LogP contribution is 2.41. The van der Waals surface area contributed by atoms with Gasteiger partial charge in [-0.05, 0) is 144 Å². The molecule has 0 aliphatic carbocycles. The van der Waals surface area contributed by atoms with Crippen molar-refractivity contribution in [1.82, 2.24) is 0 Å². The third-order valence-corrected chi connectivity index (χ3v) is 15.4. The number of aliphatic hydroxyl groups is 7. The molecule has 390 valence electrons. The predicted octanol–water partition coefficient (Wildman–Crippen LogP) is 6.25. The van der Waals surface area contributed by atoms with E-state index in [2.05, 4.69) is 19.1 Å². The first-order chi connectivity index (χ1) is 35.6. The van der Waals surface area contributed by atoms with E-state index in [4.69, 9.17) is 33.2 Å². The van der Waals surface area contributed by atoms with Gasteiger partial charge in [0.1, 0.15) is 109 Å². The van der Waals surface area contributed by atoms with Crippen molar-refractivity contribution < 1.29 is 68.9 Å². The van der Waals surface area contributed by atoms with Gasteiger partial charge in [0.15, 0.2) is 0 Å². The Morgan fingerprint density at radius 2 is 0.959 bits per heavy atom. The van der Waals surface area contributed by atoms with Gasteiger partial charge in [-0.15, -0.1) is 0 Å². The SMILES string of the molecule is Cc1ccc([C@@H]2O[C@H](CO)[C@@H](O)[C@H](O)[C@H]2O)cc1Cc1ccc(OC[C@@]2(C)OCc3ccc(OC[C@H]4O[C@@H](c5ccc(C)c(Cc6ccc(OC[C@]7(C)OCc8ccccc87)cc6)c5)[C@H](O)[C@@H](O)[C@@H]4O)cc32)cc1. The molecule has 0 amide bonds. The molecule has 6 aromatic carbocycles. The molecule has 4 aliphatic rings. The van der Waals surface area contributed by atoms with Crippen molar-refractivity contribution in [3.63, 3.8) is 0 Å². The van der Waals surface area contributed by atoms with Crippen molar-refractivity contribution in [2.24, 2.45) is 0 Å². The molecule has 0 bridgehead atoms. The molecular weight excluding hydrogens is 945 g/mol. The van der Waals surface area contributed by atoms with E-state index in [1.54, 1.807) is 0 Å². The Kier molecular flexibility index (Phi) is 15.0. The molecule has 4 heterocycles. The number of aryl methyl sites for hydroxylation is 2. The topological polar surface area (TPSA) is 206 Å². The monoisotopic (exact) mass is 1010 g/mol. The molecule has 0 spiro atoms. The van der Waals surface area contributed by atoms with Gasteiger partial charge in [0.2, 0.25) is 0 Å². The highest BCUT2D eigenvalue weighted by atomic mass is 16.6. The van der Waals surface area contributed by atoms with Crippen LogP contribution in [0.2, 0.25) is 0 Å². The minimum absolute atomic E-state index is 0.0941. The molecule has 4 aliphatic heterocycles. The number of aliphatic hydroxyl groups excluding tert-OH is 7. The second kappa shape index (κ2) is 21.5. The largest absolute Gasteiger partial charge is 0.491 e. The van der Waals surface area contributed by atoms with Crippen LogP contribution in [0.5, 0.6) is 17.2 Å². The van der Waals surface area contributed by atoms with Gasteiger partial charge < -0.3 is 68.9 Å². The summed E-state index contributed by atoms with van der Waals surface area (Å²) in [5.41, 5.74) is 10.4. The normalized spacial score (nSPS) is 29.4. The summed E-state index contributed by atoms with van der Waals surface area (Å²) in [6.45, 7) is 9.01. The summed E-state index contributed by atoms with van der Waals surface area (Å²) in [7, 11) is 0. The maximum Gasteiger partial charge on any atom is 0.125 e. The molecule has 7 N–H and O–H groups in total. The Morgan fingerprint density at radius 3 is 1.50 bits per heavy atom. The lowest BCUT2D eigenvalue weighted by Gasteiger charge is -2.41. The lowest BCUT2D eigenvalue weighted by Crippen LogP contribution is -2.55. The Balaban J connectivity index is 0.744. The molecule has 12 atom stereocenters. The Hall–Kier alpha value is -5.72. The summed E-state index contributed by atoms with van der Waals surface area (Å²) in [5.74, 6) is 1.92. The number of benzene rings is 6. The smallest absolute Gasteiger partial charge is 0.125 e. The first kappa shape index (κ1) is 51.8. The molecule has 2 fully saturated rings. The Labute approximate surface area is 431 Å². The van der Waals surface area contributed by atoms with Crippen LogP contribution in [0, 0.1) is 13.8 Å². The van der Waals surface area contributed by atoms with Crippen LogP contribution in [-0.2, 0) is 56.2 Å². The summed E-state index contributed by atoms with van der Waals surface area (Å²) < 4.78 is 43.4. The van der Waals surface area contributed by atoms with Gasteiger partial charge >= 0.3 is 0 Å². The Morgan fingerprint density at radius 1 is 0.486 bits per heavy atom. The van der Waals surface area contributed by atoms with Crippen LogP contribution < -0.4 is 14.2 Å². The van der Waals surface area contributed by atoms with Crippen molar-refractivity contribution in [2.75, 3.05) is 26.4 Å². The summed E-state index contributed by atoms with van der Waals surface area (Å²) in [4.78, 5) is 0. The van der Waals surface area contributed by atoms with Crippen LogP contribution in [0.4, 0.5) is 0 Å². The standard InChI is InChI=1S/C60H66O14/c1-34-9-15-38(57-55(66)53(64)51(62)49(28-61)73-57)25-42(34)23-37-13-20-45(21-14-37)70-33-60(4)48-27-46(22-17-41(48)30-72-60)68-31-50-52(63)54(65)56(67)58(74-50)39-16-10-35(2)43(26-39)24-36-11-18-44(19-12-36)69-32-59(3)47-8-6-5-7-40(47)29-71-59/h5-22,25-27,49-58,61-67H,23-24,28-33H2,1-4H3/t49-,50-,51-,52-,53+,54+,55-,56-,57+,58+,59+,60-/m1/s1. The highest BCUT2D eigenvalue weighted by molar-refractivity contribution is 5.43. The number of hydrogen-bond donors (Lipinski definition) is 7. The fourth-order valence-corrected chi connectivity index (χ4v) is 10.6. The lowest BCUT2D eigenvalue weighted by molar-refractivity contribution is -0.231. The van der Waals surface area contributed by atoms with E-state index in [0.29, 0.717) is 55.3 Å². The van der Waals surface area contributed by atoms with Gasteiger partial charge in [0, 0.05) is 0 Å². The van der Waals surface area contributed by atoms with E-state index in [0.717, 1.165) is 55.8 Å². The molecule has 74 heavy (non-hydrogen) atoms. The summed E-state index contributed by atoms with van der Waals surface area (Å²) in [5, 5.41) is 74.5. The zero-order valence-corrected chi connectivity index (χ0v) is 42.0. The van der Waals surface area contributed by atoms with Gasteiger partial charge in [-0.3, -0.25) is 0 Å². The van der Waals surface area contributed by atoms with E-state index < -0.39 is 78.8 Å². The lowest BCUT2D eigenvalue weighted by atomic mass is 9.89. The van der Waals surface area contributed by atoms with E-state index in [1.807, 2.05) is 136 Å². The minimum Gasteiger partial charge on any atom is -0.491 e. The first-order valence-electron chi connectivity index (χ1n) is 25.3. The van der Waals surface area contributed by atoms with Gasteiger partial charge in [-0.1, -0.05) is 91.0 Å². The zero-order valence-electron chi connectivity index (χ0n) is 42.0. The summed E-state index contributed by atoms with van der Waals surface area (Å²) in [6, 6.07) is 41.2. The van der Waals surface area contributed by atoms with Crippen molar-refractivity contribution >= 4 is 0 Å². The molecule has 6 aromatic rings. The second-order valence-electron chi connectivity index (χ2n) is 20.7. The number of rotatable bonds is 16. The van der Waals surface area contributed by atoms with Gasteiger partial charge in [0.05, 0.1) is 19.8 Å². The fraction of sp³-hybridized carbons (Fsp3) is 0.400. The molecule has 14 heteroatoms. The third-order valence-electron chi connectivity index (χ3n) is 15.4. The van der Waals surface area contributed by atoms with E-state index in [1.165, 1.54) is 5.56 Å². The minimum atomic E-state index is -1.48. The molecule has 0 aromatic heterocycles. The van der Waals surface area contributed by atoms with E-state index >= 15 is 0 Å². The van der Waals surface area contributed by atoms with Crippen molar-refractivity contribution in [1.29, 1.82) is 0 Å². The molecule has 2 saturated heterocycles. The van der Waals surface area contributed by atoms with Crippen LogP contribution in [0.3, 0.4) is 0 Å². The number of ether oxygens (including phenoxy) is 7. The molecule has 0 radical (unpaired) electrons. The highest BCUT2D eigenvalue weighted by Gasteiger charge is 2.46. The molecule has 14 nitrogen and oxygen atoms in total. The average molecular weight is 1010 g/mol. The van der Waals surface area contributed by atoms with Gasteiger partial charge in [0.25, 0.3) is 0 Å². The third kappa shape index (κ3) is 10.6. The van der Waals surface area contributed by atoms with Crippen LogP contribution in [0.25, 0.3) is 0 Å². The number of fused-ring (bicyclic) bond motifs is 2. The Bertz CT molecular complexity index is 2910. The van der Waals surface area contributed by atoms with E-state index in [9.17, 15) is 35.7 Å². The summed E-state index contributed by atoms with van der Waals surface area (Å²) in [6.07, 6.45) is -11.1. The van der Waals surface area contributed by atoms with Crippen LogP contribution in [0.1, 0.15) is 92.8 Å². The molecule has 0 unspecified atom stereocenters. The summed E-state index contributed by atoms with van der Waals surface area (Å²) >= 11 is 0.